The highest BCUT2D eigenvalue weighted by Gasteiger charge is 2.11. The molecule has 0 fully saturated rings. The summed E-state index contributed by atoms with van der Waals surface area (Å²) in [5.74, 6) is 1.28. The number of hydrogen-bond donors (Lipinski definition) is 2. The zero-order valence-corrected chi connectivity index (χ0v) is 13.8. The van der Waals surface area contributed by atoms with Gasteiger partial charge in [-0.1, -0.05) is 12.1 Å². The first-order valence-corrected chi connectivity index (χ1v) is 8.31. The highest BCUT2D eigenvalue weighted by Crippen LogP contribution is 2.31. The Kier molecular flexibility index (Phi) is 3.87. The van der Waals surface area contributed by atoms with Crippen molar-refractivity contribution in [1.29, 1.82) is 0 Å². The third-order valence-corrected chi connectivity index (χ3v) is 4.55. The van der Waals surface area contributed by atoms with Crippen molar-refractivity contribution in [2.45, 2.75) is 6.54 Å². The van der Waals surface area contributed by atoms with Gasteiger partial charge in [0.25, 0.3) is 5.91 Å². The third kappa shape index (κ3) is 3.20. The van der Waals surface area contributed by atoms with Crippen LogP contribution < -0.4 is 11.1 Å². The lowest BCUT2D eigenvalue weighted by Gasteiger charge is -2.03. The molecule has 1 aromatic carbocycles. The Morgan fingerprint density at radius 1 is 1.16 bits per heavy atom. The minimum Gasteiger partial charge on any atom is -0.457 e. The molecule has 0 saturated carbocycles. The van der Waals surface area contributed by atoms with Gasteiger partial charge in [-0.05, 0) is 24.3 Å². The van der Waals surface area contributed by atoms with E-state index in [1.165, 1.54) is 12.4 Å². The van der Waals surface area contributed by atoms with E-state index in [9.17, 15) is 4.79 Å². The van der Waals surface area contributed by atoms with Crippen molar-refractivity contribution in [2.75, 3.05) is 5.32 Å². The molecule has 0 unspecified atom stereocenters. The van der Waals surface area contributed by atoms with E-state index in [4.69, 9.17) is 10.2 Å². The molecule has 0 aliphatic carbocycles. The highest BCUT2D eigenvalue weighted by molar-refractivity contribution is 7.21. The number of nitrogens with zero attached hydrogens (tertiary/aromatic N) is 3. The van der Waals surface area contributed by atoms with Crippen LogP contribution in [0.4, 0.5) is 5.82 Å². The number of amides is 1. The summed E-state index contributed by atoms with van der Waals surface area (Å²) >= 11 is 1.58. The average Bonchev–Trinajstić information content (AvgIpc) is 3.26. The maximum absolute atomic E-state index is 11.1. The van der Waals surface area contributed by atoms with Crippen LogP contribution in [-0.4, -0.2) is 20.9 Å². The molecule has 124 valence electrons. The van der Waals surface area contributed by atoms with Crippen LogP contribution in [-0.2, 0) is 6.54 Å². The van der Waals surface area contributed by atoms with Gasteiger partial charge in [0, 0.05) is 0 Å². The van der Waals surface area contributed by atoms with Gasteiger partial charge in [-0.3, -0.25) is 9.78 Å². The van der Waals surface area contributed by atoms with Gasteiger partial charge in [-0.15, -0.1) is 11.3 Å². The minimum atomic E-state index is -0.618. The predicted molar refractivity (Wildman–Crippen MR) is 95.2 cm³/mol. The van der Waals surface area contributed by atoms with Crippen LogP contribution >= 0.6 is 11.3 Å². The van der Waals surface area contributed by atoms with Crippen molar-refractivity contribution in [2.24, 2.45) is 5.73 Å². The molecule has 7 nitrogen and oxygen atoms in total. The third-order valence-electron chi connectivity index (χ3n) is 3.50. The van der Waals surface area contributed by atoms with Crippen LogP contribution in [0.2, 0.25) is 0 Å². The lowest BCUT2D eigenvalue weighted by Crippen LogP contribution is -2.14. The molecule has 0 radical (unpaired) electrons. The number of furan rings is 1. The number of nitrogens with two attached hydrogens (primary N) is 1. The standard InChI is InChI=1S/C17H13N5O2S/c18-16(23)12-8-19-9-15(21-12)20-7-10-5-6-13(24-10)17-22-11-3-1-2-4-14(11)25-17/h1-6,8-9H,7H2,(H2,18,23)(H,20,21). The summed E-state index contributed by atoms with van der Waals surface area (Å²) in [6.45, 7) is 0.405. The summed E-state index contributed by atoms with van der Waals surface area (Å²) < 4.78 is 6.96. The second kappa shape index (κ2) is 6.33. The van der Waals surface area contributed by atoms with Crippen LogP contribution in [0.25, 0.3) is 21.0 Å². The summed E-state index contributed by atoms with van der Waals surface area (Å²) in [6.07, 6.45) is 2.84. The fourth-order valence-electron chi connectivity index (χ4n) is 2.31. The molecule has 8 heteroatoms. The number of primary amides is 1. The largest absolute Gasteiger partial charge is 0.457 e. The van der Waals surface area contributed by atoms with E-state index in [2.05, 4.69) is 20.3 Å². The molecule has 0 aliphatic heterocycles. The second-order valence-electron chi connectivity index (χ2n) is 5.26. The smallest absolute Gasteiger partial charge is 0.268 e. The molecule has 3 aromatic heterocycles. The maximum atomic E-state index is 11.1. The summed E-state index contributed by atoms with van der Waals surface area (Å²) in [4.78, 5) is 23.7. The van der Waals surface area contributed by atoms with Gasteiger partial charge in [0.2, 0.25) is 0 Å². The van der Waals surface area contributed by atoms with E-state index >= 15 is 0 Å². The fraction of sp³-hybridized carbons (Fsp3) is 0.0588. The summed E-state index contributed by atoms with van der Waals surface area (Å²) in [7, 11) is 0. The van der Waals surface area contributed by atoms with Crippen LogP contribution in [0.15, 0.2) is 53.2 Å². The summed E-state index contributed by atoms with van der Waals surface area (Å²) in [5.41, 5.74) is 6.26. The van der Waals surface area contributed by atoms with Crippen molar-refractivity contribution in [3.05, 3.63) is 60.2 Å². The molecule has 0 aliphatic rings. The molecule has 0 spiro atoms. The summed E-state index contributed by atoms with van der Waals surface area (Å²) in [6, 6.07) is 11.7. The molecule has 25 heavy (non-hydrogen) atoms. The van der Waals surface area contributed by atoms with Crippen LogP contribution in [0.5, 0.6) is 0 Å². The van der Waals surface area contributed by atoms with Crippen LogP contribution in [0.1, 0.15) is 16.2 Å². The lowest BCUT2D eigenvalue weighted by atomic mass is 10.3. The summed E-state index contributed by atoms with van der Waals surface area (Å²) in [5, 5.41) is 3.89. The Bertz CT molecular complexity index is 1020. The first kappa shape index (κ1) is 15.3. The van der Waals surface area contributed by atoms with Gasteiger partial charge < -0.3 is 15.5 Å². The molecule has 0 bridgehead atoms. The quantitative estimate of drug-likeness (QED) is 0.572. The number of benzene rings is 1. The topological polar surface area (TPSA) is 107 Å². The molecule has 3 heterocycles. The molecule has 4 aromatic rings. The van der Waals surface area contributed by atoms with E-state index in [1.54, 1.807) is 11.3 Å². The van der Waals surface area contributed by atoms with Crippen molar-refractivity contribution in [3.63, 3.8) is 0 Å². The lowest BCUT2D eigenvalue weighted by molar-refractivity contribution is 0.0995. The zero-order valence-electron chi connectivity index (χ0n) is 13.0. The molecule has 0 atom stereocenters. The van der Waals surface area contributed by atoms with E-state index in [0.717, 1.165) is 26.7 Å². The number of rotatable bonds is 5. The molecule has 3 N–H and O–H groups in total. The normalized spacial score (nSPS) is 10.9. The van der Waals surface area contributed by atoms with Gasteiger partial charge in [0.1, 0.15) is 17.3 Å². The SMILES string of the molecule is NC(=O)c1cncc(NCc2ccc(-c3nc4ccccc4s3)o2)n1. The monoisotopic (exact) mass is 351 g/mol. The number of carbonyl (C=O) groups is 1. The van der Waals surface area contributed by atoms with E-state index in [0.29, 0.717) is 12.4 Å². The number of fused-ring (bicyclic) bond motifs is 1. The van der Waals surface area contributed by atoms with Crippen LogP contribution in [0, 0.1) is 0 Å². The second-order valence-corrected chi connectivity index (χ2v) is 6.29. The van der Waals surface area contributed by atoms with E-state index in [-0.39, 0.29) is 5.69 Å². The van der Waals surface area contributed by atoms with Crippen molar-refractivity contribution in [1.82, 2.24) is 15.0 Å². The number of anilines is 1. The molecular formula is C17H13N5O2S. The highest BCUT2D eigenvalue weighted by atomic mass is 32.1. The van der Waals surface area contributed by atoms with E-state index in [1.807, 2.05) is 36.4 Å². The van der Waals surface area contributed by atoms with Crippen LogP contribution in [0.3, 0.4) is 0 Å². The fourth-order valence-corrected chi connectivity index (χ4v) is 3.24. The average molecular weight is 351 g/mol. The van der Waals surface area contributed by atoms with Gasteiger partial charge in [0.05, 0.1) is 29.2 Å². The predicted octanol–water partition coefficient (Wildman–Crippen LogP) is 3.06. The maximum Gasteiger partial charge on any atom is 0.268 e. The number of nitrogens with one attached hydrogen (secondary N) is 1. The van der Waals surface area contributed by atoms with Gasteiger partial charge in [-0.2, -0.15) is 0 Å². The Balaban J connectivity index is 1.50. The first-order chi connectivity index (χ1) is 12.2. The van der Waals surface area contributed by atoms with E-state index < -0.39 is 5.91 Å². The van der Waals surface area contributed by atoms with Gasteiger partial charge in [0.15, 0.2) is 10.8 Å². The zero-order chi connectivity index (χ0) is 17.2. The van der Waals surface area contributed by atoms with Crippen molar-refractivity contribution < 1.29 is 9.21 Å². The Hall–Kier alpha value is -3.26. The molecule has 0 saturated heterocycles. The molecule has 4 rings (SSSR count). The number of hydrogen-bond acceptors (Lipinski definition) is 7. The number of carbonyl (C=O) groups excluding carboxylic acids is 1. The number of thiazole rings is 1. The first-order valence-electron chi connectivity index (χ1n) is 7.49. The van der Waals surface area contributed by atoms with Crippen molar-refractivity contribution >= 4 is 33.3 Å². The number of aromatic nitrogens is 3. The number of para-hydroxylation sites is 1. The molecular weight excluding hydrogens is 338 g/mol. The Morgan fingerprint density at radius 3 is 2.88 bits per heavy atom. The van der Waals surface area contributed by atoms with Gasteiger partial charge >= 0.3 is 0 Å². The van der Waals surface area contributed by atoms with Crippen molar-refractivity contribution in [3.8, 4) is 10.8 Å². The molecule has 1 amide bonds. The minimum absolute atomic E-state index is 0.111. The Labute approximate surface area is 146 Å². The Morgan fingerprint density at radius 2 is 2.04 bits per heavy atom. The van der Waals surface area contributed by atoms with Gasteiger partial charge in [-0.25, -0.2) is 9.97 Å².